The van der Waals surface area contributed by atoms with Crippen LogP contribution in [0.4, 0.5) is 0 Å². The number of benzene rings is 2. The molecule has 0 saturated carbocycles. The average Bonchev–Trinajstić information content (AvgIpc) is 2.50. The SMILES string of the molecule is Cc1cc2c(c3ccccc13)CCC(C)CC2N. The van der Waals surface area contributed by atoms with Crippen LogP contribution in [0.5, 0.6) is 0 Å². The van der Waals surface area contributed by atoms with Gasteiger partial charge in [0.05, 0.1) is 0 Å². The third-order valence-corrected chi connectivity index (χ3v) is 4.34. The van der Waals surface area contributed by atoms with Gasteiger partial charge < -0.3 is 5.73 Å². The summed E-state index contributed by atoms with van der Waals surface area (Å²) in [5.74, 6) is 0.728. The molecule has 0 bridgehead atoms. The first-order valence-corrected chi connectivity index (χ1v) is 6.93. The van der Waals surface area contributed by atoms with Crippen molar-refractivity contribution in [2.75, 3.05) is 0 Å². The highest BCUT2D eigenvalue weighted by molar-refractivity contribution is 5.89. The molecular formula is C17H21N. The van der Waals surface area contributed by atoms with Crippen molar-refractivity contribution in [3.8, 4) is 0 Å². The van der Waals surface area contributed by atoms with Crippen molar-refractivity contribution in [1.29, 1.82) is 0 Å². The zero-order chi connectivity index (χ0) is 12.7. The minimum atomic E-state index is 0.209. The van der Waals surface area contributed by atoms with Crippen LogP contribution in [0.2, 0.25) is 0 Å². The molecule has 0 fully saturated rings. The Kier molecular flexibility index (Phi) is 2.87. The highest BCUT2D eigenvalue weighted by Gasteiger charge is 2.21. The third-order valence-electron chi connectivity index (χ3n) is 4.34. The topological polar surface area (TPSA) is 26.0 Å². The van der Waals surface area contributed by atoms with E-state index in [0.717, 1.165) is 12.3 Å². The second-order valence-electron chi connectivity index (χ2n) is 5.79. The number of nitrogens with two attached hydrogens (primary N) is 1. The molecule has 1 nitrogen and oxygen atoms in total. The molecule has 1 aliphatic rings. The molecule has 0 spiro atoms. The van der Waals surface area contributed by atoms with Gasteiger partial charge in [-0.25, -0.2) is 0 Å². The summed E-state index contributed by atoms with van der Waals surface area (Å²) in [4.78, 5) is 0. The summed E-state index contributed by atoms with van der Waals surface area (Å²) in [5, 5.41) is 2.80. The van der Waals surface area contributed by atoms with E-state index in [1.165, 1.54) is 40.3 Å². The lowest BCUT2D eigenvalue weighted by atomic mass is 9.91. The lowest BCUT2D eigenvalue weighted by molar-refractivity contribution is 0.464. The van der Waals surface area contributed by atoms with Crippen molar-refractivity contribution in [1.82, 2.24) is 0 Å². The monoisotopic (exact) mass is 239 g/mol. The Bertz CT molecular complexity index is 585. The van der Waals surface area contributed by atoms with Crippen molar-refractivity contribution in [2.24, 2.45) is 11.7 Å². The van der Waals surface area contributed by atoms with Crippen molar-refractivity contribution in [3.63, 3.8) is 0 Å². The summed E-state index contributed by atoms with van der Waals surface area (Å²) in [5.41, 5.74) is 10.6. The molecule has 2 unspecified atom stereocenters. The van der Waals surface area contributed by atoms with Gasteiger partial charge in [-0.3, -0.25) is 0 Å². The summed E-state index contributed by atoms with van der Waals surface area (Å²) in [7, 11) is 0. The molecule has 2 N–H and O–H groups in total. The van der Waals surface area contributed by atoms with Gasteiger partial charge in [0.2, 0.25) is 0 Å². The summed E-state index contributed by atoms with van der Waals surface area (Å²) < 4.78 is 0. The largest absolute Gasteiger partial charge is 0.324 e. The van der Waals surface area contributed by atoms with E-state index in [9.17, 15) is 0 Å². The van der Waals surface area contributed by atoms with Crippen LogP contribution in [-0.4, -0.2) is 0 Å². The first-order valence-electron chi connectivity index (χ1n) is 6.93. The van der Waals surface area contributed by atoms with E-state index in [-0.39, 0.29) is 6.04 Å². The van der Waals surface area contributed by atoms with Crippen molar-refractivity contribution < 1.29 is 0 Å². The molecule has 0 aromatic heterocycles. The van der Waals surface area contributed by atoms with Crippen LogP contribution in [0, 0.1) is 12.8 Å². The van der Waals surface area contributed by atoms with Crippen LogP contribution in [-0.2, 0) is 6.42 Å². The fourth-order valence-electron chi connectivity index (χ4n) is 3.32. The Morgan fingerprint density at radius 2 is 1.89 bits per heavy atom. The van der Waals surface area contributed by atoms with Crippen LogP contribution in [0.15, 0.2) is 30.3 Å². The number of hydrogen-bond donors (Lipinski definition) is 1. The molecule has 1 aliphatic carbocycles. The number of aryl methyl sites for hydroxylation is 2. The molecule has 0 amide bonds. The highest BCUT2D eigenvalue weighted by atomic mass is 14.6. The van der Waals surface area contributed by atoms with E-state index >= 15 is 0 Å². The second kappa shape index (κ2) is 4.40. The molecule has 2 aromatic carbocycles. The molecule has 1 heteroatoms. The van der Waals surface area contributed by atoms with Gasteiger partial charge in [-0.05, 0) is 59.6 Å². The van der Waals surface area contributed by atoms with Crippen LogP contribution in [0.3, 0.4) is 0 Å². The van der Waals surface area contributed by atoms with Gasteiger partial charge in [0.25, 0.3) is 0 Å². The maximum absolute atomic E-state index is 6.40. The van der Waals surface area contributed by atoms with Crippen LogP contribution < -0.4 is 5.73 Å². The number of rotatable bonds is 0. The fourth-order valence-corrected chi connectivity index (χ4v) is 3.32. The van der Waals surface area contributed by atoms with Crippen LogP contribution >= 0.6 is 0 Å². The Hall–Kier alpha value is -1.34. The molecule has 94 valence electrons. The first-order chi connectivity index (χ1) is 8.66. The van der Waals surface area contributed by atoms with E-state index in [1.807, 2.05) is 0 Å². The van der Waals surface area contributed by atoms with Crippen molar-refractivity contribution in [3.05, 3.63) is 47.0 Å². The molecule has 0 heterocycles. The third kappa shape index (κ3) is 1.83. The maximum Gasteiger partial charge on any atom is 0.0300 e. The predicted molar refractivity (Wildman–Crippen MR) is 77.7 cm³/mol. The van der Waals surface area contributed by atoms with E-state index in [2.05, 4.69) is 44.2 Å². The minimum absolute atomic E-state index is 0.209. The Balaban J connectivity index is 2.28. The van der Waals surface area contributed by atoms with Gasteiger partial charge in [-0.2, -0.15) is 0 Å². The van der Waals surface area contributed by atoms with Crippen LogP contribution in [0.1, 0.15) is 42.5 Å². The summed E-state index contributed by atoms with van der Waals surface area (Å²) >= 11 is 0. The van der Waals surface area contributed by atoms with Gasteiger partial charge >= 0.3 is 0 Å². The summed E-state index contributed by atoms with van der Waals surface area (Å²) in [6.07, 6.45) is 3.55. The molecule has 18 heavy (non-hydrogen) atoms. The van der Waals surface area contributed by atoms with E-state index in [4.69, 9.17) is 5.73 Å². The molecule has 0 aliphatic heterocycles. The summed E-state index contributed by atoms with van der Waals surface area (Å²) in [6.45, 7) is 4.52. The van der Waals surface area contributed by atoms with Gasteiger partial charge in [0.1, 0.15) is 0 Å². The van der Waals surface area contributed by atoms with Crippen LogP contribution in [0.25, 0.3) is 10.8 Å². The Labute approximate surface area is 109 Å². The number of fused-ring (bicyclic) bond motifs is 3. The van der Waals surface area contributed by atoms with Gasteiger partial charge in [-0.15, -0.1) is 0 Å². The predicted octanol–water partition coefficient (Wildman–Crippen LogP) is 4.12. The molecule has 3 rings (SSSR count). The fraction of sp³-hybridized carbons (Fsp3) is 0.412. The Morgan fingerprint density at radius 3 is 2.67 bits per heavy atom. The van der Waals surface area contributed by atoms with Gasteiger partial charge in [0.15, 0.2) is 0 Å². The smallest absolute Gasteiger partial charge is 0.0300 e. The van der Waals surface area contributed by atoms with Gasteiger partial charge in [-0.1, -0.05) is 37.3 Å². The van der Waals surface area contributed by atoms with Gasteiger partial charge in [0, 0.05) is 6.04 Å². The lowest BCUT2D eigenvalue weighted by Crippen LogP contribution is -2.13. The van der Waals surface area contributed by atoms with Crippen molar-refractivity contribution in [2.45, 2.75) is 39.2 Å². The molecule has 2 atom stereocenters. The minimum Gasteiger partial charge on any atom is -0.324 e. The van der Waals surface area contributed by atoms with E-state index < -0.39 is 0 Å². The summed E-state index contributed by atoms with van der Waals surface area (Å²) in [6, 6.07) is 11.3. The molecule has 0 radical (unpaired) electrons. The molecule has 2 aromatic rings. The first kappa shape index (κ1) is 11.7. The van der Waals surface area contributed by atoms with E-state index in [1.54, 1.807) is 0 Å². The maximum atomic E-state index is 6.40. The zero-order valence-electron chi connectivity index (χ0n) is 11.2. The average molecular weight is 239 g/mol. The second-order valence-corrected chi connectivity index (χ2v) is 5.79. The highest BCUT2D eigenvalue weighted by Crippen LogP contribution is 2.36. The Morgan fingerprint density at radius 1 is 1.17 bits per heavy atom. The normalized spacial score (nSPS) is 23.7. The molecular weight excluding hydrogens is 218 g/mol. The number of hydrogen-bond acceptors (Lipinski definition) is 1. The lowest BCUT2D eigenvalue weighted by Gasteiger charge is -2.17. The standard InChI is InChI=1S/C17H21N/c1-11-7-8-15-14-6-4-3-5-13(14)12(2)10-16(15)17(18)9-11/h3-6,10-11,17H,7-9,18H2,1-2H3. The quantitative estimate of drug-likeness (QED) is 0.688. The zero-order valence-corrected chi connectivity index (χ0v) is 11.2. The van der Waals surface area contributed by atoms with E-state index in [0.29, 0.717) is 0 Å². The molecule has 0 saturated heterocycles. The van der Waals surface area contributed by atoms with Crippen molar-refractivity contribution >= 4 is 10.8 Å².